The Labute approximate surface area is 170 Å². The number of rotatable bonds is 6. The summed E-state index contributed by atoms with van der Waals surface area (Å²) < 4.78 is 10.4. The van der Waals surface area contributed by atoms with Crippen molar-refractivity contribution in [1.29, 1.82) is 0 Å². The fourth-order valence-corrected chi connectivity index (χ4v) is 4.14. The Morgan fingerprint density at radius 3 is 2.66 bits per heavy atom. The maximum atomic E-state index is 12.9. The first kappa shape index (κ1) is 21.1. The lowest BCUT2D eigenvalue weighted by atomic mass is 9.81. The van der Waals surface area contributed by atoms with Gasteiger partial charge in [0.1, 0.15) is 12.6 Å². The van der Waals surface area contributed by atoms with Crippen LogP contribution in [0.15, 0.2) is 30.3 Å². The molecule has 0 spiro atoms. The molecule has 1 aliphatic carbocycles. The summed E-state index contributed by atoms with van der Waals surface area (Å²) in [6.07, 6.45) is 1.77. The Hall–Kier alpha value is -2.61. The highest BCUT2D eigenvalue weighted by atomic mass is 16.5. The standard InChI is InChI=1S/C21H29N3O5/c1-2-28-20(26)16-12-15(22)8-9-18(16)24-11-10-17(19(24)25)23-21(27)29-13-14-6-4-3-5-7-14/h3-7,15-18H,2,8-13,22H2,1H3,(H,23,27)/t15?,16?,17-,18?/m0/s1. The predicted molar refractivity (Wildman–Crippen MR) is 106 cm³/mol. The zero-order valence-electron chi connectivity index (χ0n) is 16.7. The molecule has 3 unspecified atom stereocenters. The summed E-state index contributed by atoms with van der Waals surface area (Å²) >= 11 is 0. The van der Waals surface area contributed by atoms with E-state index < -0.39 is 18.1 Å². The first-order valence-electron chi connectivity index (χ1n) is 10.2. The molecule has 1 saturated carbocycles. The molecule has 8 nitrogen and oxygen atoms in total. The number of likely N-dealkylation sites (tertiary alicyclic amines) is 1. The third kappa shape index (κ3) is 5.26. The number of amides is 2. The van der Waals surface area contributed by atoms with Crippen LogP contribution in [0, 0.1) is 5.92 Å². The van der Waals surface area contributed by atoms with Crippen LogP contribution < -0.4 is 11.1 Å². The second kappa shape index (κ2) is 9.73. The number of esters is 1. The molecule has 3 N–H and O–H groups in total. The van der Waals surface area contributed by atoms with Gasteiger partial charge in [0.2, 0.25) is 5.91 Å². The summed E-state index contributed by atoms with van der Waals surface area (Å²) in [5.41, 5.74) is 6.92. The fraction of sp³-hybridized carbons (Fsp3) is 0.571. The molecule has 1 saturated heterocycles. The van der Waals surface area contributed by atoms with E-state index in [1.165, 1.54) is 0 Å². The van der Waals surface area contributed by atoms with Gasteiger partial charge in [-0.15, -0.1) is 0 Å². The van der Waals surface area contributed by atoms with E-state index in [4.69, 9.17) is 15.2 Å². The largest absolute Gasteiger partial charge is 0.466 e. The number of hydrogen-bond donors (Lipinski definition) is 2. The zero-order chi connectivity index (χ0) is 20.8. The minimum absolute atomic E-state index is 0.0692. The molecule has 1 aromatic carbocycles. The van der Waals surface area contributed by atoms with Gasteiger partial charge in [-0.05, 0) is 38.2 Å². The van der Waals surface area contributed by atoms with Crippen LogP contribution in [0.4, 0.5) is 4.79 Å². The van der Waals surface area contributed by atoms with Gasteiger partial charge in [0.15, 0.2) is 0 Å². The maximum absolute atomic E-state index is 12.9. The van der Waals surface area contributed by atoms with Crippen molar-refractivity contribution in [3.8, 4) is 0 Å². The van der Waals surface area contributed by atoms with E-state index in [1.807, 2.05) is 30.3 Å². The lowest BCUT2D eigenvalue weighted by molar-refractivity contribution is -0.153. The molecule has 158 valence electrons. The average Bonchev–Trinajstić information content (AvgIpc) is 3.07. The van der Waals surface area contributed by atoms with Gasteiger partial charge in [0.05, 0.1) is 12.5 Å². The van der Waals surface area contributed by atoms with Crippen LogP contribution in [0.3, 0.4) is 0 Å². The number of nitrogens with two attached hydrogens (primary N) is 1. The maximum Gasteiger partial charge on any atom is 0.408 e. The Morgan fingerprint density at radius 2 is 1.93 bits per heavy atom. The van der Waals surface area contributed by atoms with Gasteiger partial charge in [-0.25, -0.2) is 4.79 Å². The summed E-state index contributed by atoms with van der Waals surface area (Å²) in [5.74, 6) is -0.915. The molecule has 2 fully saturated rings. The van der Waals surface area contributed by atoms with Crippen molar-refractivity contribution < 1.29 is 23.9 Å². The number of nitrogens with one attached hydrogen (secondary N) is 1. The van der Waals surface area contributed by atoms with Crippen molar-refractivity contribution in [2.75, 3.05) is 13.2 Å². The third-order valence-corrected chi connectivity index (χ3v) is 5.59. The van der Waals surface area contributed by atoms with E-state index in [0.717, 1.165) is 12.0 Å². The minimum Gasteiger partial charge on any atom is -0.466 e. The van der Waals surface area contributed by atoms with E-state index in [9.17, 15) is 14.4 Å². The van der Waals surface area contributed by atoms with Crippen LogP contribution >= 0.6 is 0 Å². The quantitative estimate of drug-likeness (QED) is 0.698. The number of ether oxygens (including phenoxy) is 2. The van der Waals surface area contributed by atoms with E-state index in [0.29, 0.717) is 32.4 Å². The van der Waals surface area contributed by atoms with Crippen LogP contribution in [0.2, 0.25) is 0 Å². The molecule has 0 aromatic heterocycles. The van der Waals surface area contributed by atoms with Gasteiger partial charge in [0.25, 0.3) is 0 Å². The molecule has 1 aromatic rings. The van der Waals surface area contributed by atoms with Crippen LogP contribution in [-0.4, -0.2) is 54.1 Å². The van der Waals surface area contributed by atoms with Crippen LogP contribution in [0.25, 0.3) is 0 Å². The molecule has 2 amide bonds. The summed E-state index contributed by atoms with van der Waals surface area (Å²) in [6, 6.07) is 8.39. The molecule has 29 heavy (non-hydrogen) atoms. The fourth-order valence-electron chi connectivity index (χ4n) is 4.14. The van der Waals surface area contributed by atoms with Gasteiger partial charge >= 0.3 is 12.1 Å². The number of nitrogens with zero attached hydrogens (tertiary/aromatic N) is 1. The van der Waals surface area contributed by atoms with Crippen molar-refractivity contribution in [2.24, 2.45) is 11.7 Å². The molecule has 8 heteroatoms. The molecule has 4 atom stereocenters. The van der Waals surface area contributed by atoms with Crippen LogP contribution in [0.1, 0.15) is 38.2 Å². The van der Waals surface area contributed by atoms with Crippen LogP contribution in [-0.2, 0) is 25.7 Å². The third-order valence-electron chi connectivity index (χ3n) is 5.59. The van der Waals surface area contributed by atoms with Crippen LogP contribution in [0.5, 0.6) is 0 Å². The van der Waals surface area contributed by atoms with E-state index in [1.54, 1.807) is 11.8 Å². The number of benzene rings is 1. The number of carbonyl (C=O) groups is 3. The van der Waals surface area contributed by atoms with Gasteiger partial charge in [-0.1, -0.05) is 30.3 Å². The van der Waals surface area contributed by atoms with Crippen molar-refractivity contribution in [2.45, 2.75) is 57.3 Å². The number of carbonyl (C=O) groups excluding carboxylic acids is 3. The van der Waals surface area contributed by atoms with Crippen molar-refractivity contribution in [3.05, 3.63) is 35.9 Å². The number of hydrogen-bond acceptors (Lipinski definition) is 6. The molecule has 2 aliphatic rings. The molecular weight excluding hydrogens is 374 g/mol. The van der Waals surface area contributed by atoms with Gasteiger partial charge in [-0.2, -0.15) is 0 Å². The summed E-state index contributed by atoms with van der Waals surface area (Å²) in [7, 11) is 0. The Bertz CT molecular complexity index is 726. The lowest BCUT2D eigenvalue weighted by Crippen LogP contribution is -2.52. The van der Waals surface area contributed by atoms with Gasteiger partial charge in [-0.3, -0.25) is 9.59 Å². The van der Waals surface area contributed by atoms with Crippen molar-refractivity contribution in [1.82, 2.24) is 10.2 Å². The highest BCUT2D eigenvalue weighted by molar-refractivity contribution is 5.88. The molecule has 1 aliphatic heterocycles. The summed E-state index contributed by atoms with van der Waals surface area (Å²) in [6.45, 7) is 2.68. The van der Waals surface area contributed by atoms with E-state index in [2.05, 4.69) is 5.32 Å². The molecule has 3 rings (SSSR count). The smallest absolute Gasteiger partial charge is 0.408 e. The monoisotopic (exact) mass is 403 g/mol. The molecule has 0 radical (unpaired) electrons. The van der Waals surface area contributed by atoms with Crippen molar-refractivity contribution in [3.63, 3.8) is 0 Å². The number of alkyl carbamates (subject to hydrolysis) is 1. The van der Waals surface area contributed by atoms with E-state index in [-0.39, 0.29) is 30.6 Å². The summed E-state index contributed by atoms with van der Waals surface area (Å²) in [4.78, 5) is 39.1. The molecular formula is C21H29N3O5. The molecule has 1 heterocycles. The average molecular weight is 403 g/mol. The normalized spacial score (nSPS) is 26.8. The Morgan fingerprint density at radius 1 is 1.17 bits per heavy atom. The first-order valence-corrected chi connectivity index (χ1v) is 10.2. The summed E-state index contributed by atoms with van der Waals surface area (Å²) in [5, 5.41) is 2.65. The second-order valence-corrected chi connectivity index (χ2v) is 7.58. The SMILES string of the molecule is CCOC(=O)C1CC(N)CCC1N1CC[C@H](NC(=O)OCc2ccccc2)C1=O. The topological polar surface area (TPSA) is 111 Å². The van der Waals surface area contributed by atoms with Crippen molar-refractivity contribution >= 4 is 18.0 Å². The Balaban J connectivity index is 1.56. The predicted octanol–water partition coefficient (Wildman–Crippen LogP) is 1.57. The zero-order valence-corrected chi connectivity index (χ0v) is 16.7. The van der Waals surface area contributed by atoms with Gasteiger partial charge in [0, 0.05) is 18.6 Å². The highest BCUT2D eigenvalue weighted by Gasteiger charge is 2.44. The minimum atomic E-state index is -0.642. The molecule has 0 bridgehead atoms. The van der Waals surface area contributed by atoms with Gasteiger partial charge < -0.3 is 25.4 Å². The second-order valence-electron chi connectivity index (χ2n) is 7.58. The highest BCUT2D eigenvalue weighted by Crippen LogP contribution is 2.32. The first-order chi connectivity index (χ1) is 14.0. The van der Waals surface area contributed by atoms with E-state index >= 15 is 0 Å². The lowest BCUT2D eigenvalue weighted by Gasteiger charge is -2.38. The Kier molecular flexibility index (Phi) is 7.09.